The number of nitrogens with one attached hydrogen (secondary N) is 2. The van der Waals surface area contributed by atoms with Crippen LogP contribution < -0.4 is 10.6 Å². The molecular weight excluding hydrogens is 328 g/mol. The van der Waals surface area contributed by atoms with Gasteiger partial charge in [0.1, 0.15) is 0 Å². The lowest BCUT2D eigenvalue weighted by molar-refractivity contribution is 0.740. The smallest absolute Gasteiger partial charge is 0.191 e. The summed E-state index contributed by atoms with van der Waals surface area (Å²) in [4.78, 5) is 9.08. The Hall–Kier alpha value is -1.59. The van der Waals surface area contributed by atoms with Gasteiger partial charge in [0.25, 0.3) is 0 Å². The van der Waals surface area contributed by atoms with E-state index in [0.717, 1.165) is 48.2 Å². The molecule has 0 aliphatic rings. The van der Waals surface area contributed by atoms with Crippen LogP contribution in [0.3, 0.4) is 0 Å². The number of aromatic nitrogens is 1. The van der Waals surface area contributed by atoms with Crippen LogP contribution in [0.15, 0.2) is 34.6 Å². The van der Waals surface area contributed by atoms with E-state index < -0.39 is 0 Å². The minimum Gasteiger partial charge on any atom is -0.357 e. The Balaban J connectivity index is 1.78. The average Bonchev–Trinajstić information content (AvgIpc) is 2.96. The third-order valence-electron chi connectivity index (χ3n) is 3.20. The summed E-state index contributed by atoms with van der Waals surface area (Å²) in [6.45, 7) is 6.46. The largest absolute Gasteiger partial charge is 0.357 e. The lowest BCUT2D eigenvalue weighted by Gasteiger charge is -2.11. The van der Waals surface area contributed by atoms with Crippen molar-refractivity contribution in [3.63, 3.8) is 0 Å². The first-order valence-electron chi connectivity index (χ1n) is 7.85. The molecule has 1 aromatic carbocycles. The molecule has 0 aliphatic heterocycles. The number of nitrogens with zero attached hydrogens (tertiary/aromatic N) is 2. The molecule has 0 aliphatic carbocycles. The van der Waals surface area contributed by atoms with Crippen LogP contribution in [0.1, 0.15) is 29.6 Å². The first-order chi connectivity index (χ1) is 11.2. The number of benzene rings is 1. The zero-order valence-corrected chi connectivity index (χ0v) is 15.2. The lowest BCUT2D eigenvalue weighted by Crippen LogP contribution is -2.37. The maximum Gasteiger partial charge on any atom is 0.191 e. The molecule has 124 valence electrons. The van der Waals surface area contributed by atoms with Crippen molar-refractivity contribution in [2.24, 2.45) is 4.99 Å². The summed E-state index contributed by atoms with van der Waals surface area (Å²) in [6.07, 6.45) is 2.04. The highest BCUT2D eigenvalue weighted by molar-refractivity contribution is 7.09. The number of thiazole rings is 1. The molecule has 6 heteroatoms. The van der Waals surface area contributed by atoms with Gasteiger partial charge in [0.15, 0.2) is 5.96 Å². The topological polar surface area (TPSA) is 49.3 Å². The Morgan fingerprint density at radius 2 is 2.04 bits per heavy atom. The quantitative estimate of drug-likeness (QED) is 0.453. The van der Waals surface area contributed by atoms with Gasteiger partial charge in [-0.1, -0.05) is 23.7 Å². The number of rotatable bonds is 7. The number of aliphatic imine (C=N–C) groups is 1. The van der Waals surface area contributed by atoms with Gasteiger partial charge < -0.3 is 10.6 Å². The summed E-state index contributed by atoms with van der Waals surface area (Å²) in [5.74, 6) is 0.845. The summed E-state index contributed by atoms with van der Waals surface area (Å²) < 4.78 is 0. The third kappa shape index (κ3) is 6.59. The molecule has 2 aromatic rings. The first kappa shape index (κ1) is 17.8. The lowest BCUT2D eigenvalue weighted by atomic mass is 10.2. The highest BCUT2D eigenvalue weighted by Gasteiger charge is 2.00. The zero-order valence-electron chi connectivity index (χ0n) is 13.6. The second-order valence-corrected chi connectivity index (χ2v) is 6.61. The second-order valence-electron chi connectivity index (χ2n) is 5.23. The van der Waals surface area contributed by atoms with E-state index in [0.29, 0.717) is 6.54 Å². The summed E-state index contributed by atoms with van der Waals surface area (Å²) in [5, 5.41) is 10.7. The van der Waals surface area contributed by atoms with Gasteiger partial charge in [-0.3, -0.25) is 0 Å². The highest BCUT2D eigenvalue weighted by Crippen LogP contribution is 2.11. The molecule has 0 atom stereocenters. The van der Waals surface area contributed by atoms with E-state index in [-0.39, 0.29) is 0 Å². The van der Waals surface area contributed by atoms with Crippen LogP contribution in [0.2, 0.25) is 5.02 Å². The molecule has 23 heavy (non-hydrogen) atoms. The van der Waals surface area contributed by atoms with Crippen LogP contribution >= 0.6 is 22.9 Å². The van der Waals surface area contributed by atoms with Crippen LogP contribution in [0, 0.1) is 6.92 Å². The normalized spacial score (nSPS) is 11.5. The van der Waals surface area contributed by atoms with Crippen molar-refractivity contribution in [1.29, 1.82) is 0 Å². The number of guanidine groups is 1. The van der Waals surface area contributed by atoms with Crippen LogP contribution in [-0.4, -0.2) is 24.0 Å². The second kappa shape index (κ2) is 9.53. The maximum absolute atomic E-state index is 5.90. The van der Waals surface area contributed by atoms with Gasteiger partial charge >= 0.3 is 0 Å². The molecule has 0 spiro atoms. The minimum atomic E-state index is 0.637. The Morgan fingerprint density at radius 3 is 2.70 bits per heavy atom. The fourth-order valence-electron chi connectivity index (χ4n) is 2.07. The van der Waals surface area contributed by atoms with Crippen LogP contribution in [-0.2, 0) is 13.0 Å². The van der Waals surface area contributed by atoms with Crippen LogP contribution in [0.4, 0.5) is 0 Å². The first-order valence-corrected chi connectivity index (χ1v) is 9.10. The average molecular weight is 351 g/mol. The Morgan fingerprint density at radius 1 is 1.26 bits per heavy atom. The SMILES string of the molecule is CCNC(=NCc1ccc(Cl)cc1)NCCCc1nc(C)cs1. The molecule has 0 bridgehead atoms. The summed E-state index contributed by atoms with van der Waals surface area (Å²) in [6, 6.07) is 7.78. The molecule has 2 rings (SSSR count). The molecule has 2 N–H and O–H groups in total. The van der Waals surface area contributed by atoms with E-state index in [9.17, 15) is 0 Å². The molecule has 0 fully saturated rings. The van der Waals surface area contributed by atoms with E-state index in [1.165, 1.54) is 5.01 Å². The van der Waals surface area contributed by atoms with Gasteiger partial charge in [0.05, 0.1) is 11.6 Å². The van der Waals surface area contributed by atoms with Crippen molar-refractivity contribution in [3.05, 3.63) is 50.9 Å². The van der Waals surface area contributed by atoms with Gasteiger partial charge in [-0.05, 0) is 38.0 Å². The zero-order chi connectivity index (χ0) is 16.5. The Bertz CT molecular complexity index is 622. The predicted octanol–water partition coefficient (Wildman–Crippen LogP) is 3.79. The molecule has 0 radical (unpaired) electrons. The molecule has 4 nitrogen and oxygen atoms in total. The molecular formula is C17H23ClN4S. The fraction of sp³-hybridized carbons (Fsp3) is 0.412. The van der Waals surface area contributed by atoms with Gasteiger partial charge in [0.2, 0.25) is 0 Å². The molecule has 1 heterocycles. The highest BCUT2D eigenvalue weighted by atomic mass is 35.5. The van der Waals surface area contributed by atoms with E-state index in [4.69, 9.17) is 11.6 Å². The van der Waals surface area contributed by atoms with E-state index >= 15 is 0 Å². The van der Waals surface area contributed by atoms with E-state index in [1.807, 2.05) is 31.2 Å². The van der Waals surface area contributed by atoms with Crippen molar-refractivity contribution in [2.75, 3.05) is 13.1 Å². The molecule has 0 amide bonds. The number of hydrogen-bond donors (Lipinski definition) is 2. The maximum atomic E-state index is 5.90. The van der Waals surface area contributed by atoms with Gasteiger partial charge in [-0.15, -0.1) is 11.3 Å². The molecule has 0 saturated carbocycles. The van der Waals surface area contributed by atoms with Crippen molar-refractivity contribution < 1.29 is 0 Å². The van der Waals surface area contributed by atoms with Crippen molar-refractivity contribution in [1.82, 2.24) is 15.6 Å². The van der Waals surface area contributed by atoms with E-state index in [2.05, 4.69) is 32.9 Å². The van der Waals surface area contributed by atoms with Crippen molar-refractivity contribution in [3.8, 4) is 0 Å². The number of hydrogen-bond acceptors (Lipinski definition) is 3. The number of aryl methyl sites for hydroxylation is 2. The van der Waals surface area contributed by atoms with Crippen molar-refractivity contribution in [2.45, 2.75) is 33.2 Å². The monoisotopic (exact) mass is 350 g/mol. The molecule has 0 saturated heterocycles. The summed E-state index contributed by atoms with van der Waals surface area (Å²) >= 11 is 7.63. The molecule has 0 unspecified atom stereocenters. The minimum absolute atomic E-state index is 0.637. The fourth-order valence-corrected chi connectivity index (χ4v) is 3.01. The van der Waals surface area contributed by atoms with Gasteiger partial charge in [-0.25, -0.2) is 9.98 Å². The van der Waals surface area contributed by atoms with Gasteiger partial charge in [0, 0.05) is 35.6 Å². The standard InChI is InChI=1S/C17H23ClN4S/c1-3-19-17(21-11-14-6-8-15(18)9-7-14)20-10-4-5-16-22-13(2)12-23-16/h6-9,12H,3-5,10-11H2,1-2H3,(H2,19,20,21). The summed E-state index contributed by atoms with van der Waals surface area (Å²) in [5.41, 5.74) is 2.25. The Labute approximate surface area is 147 Å². The molecule has 1 aromatic heterocycles. The van der Waals surface area contributed by atoms with Crippen LogP contribution in [0.5, 0.6) is 0 Å². The summed E-state index contributed by atoms with van der Waals surface area (Å²) in [7, 11) is 0. The predicted molar refractivity (Wildman–Crippen MR) is 99.4 cm³/mol. The number of halogens is 1. The van der Waals surface area contributed by atoms with E-state index in [1.54, 1.807) is 11.3 Å². The third-order valence-corrected chi connectivity index (χ3v) is 4.48. The Kier molecular flexibility index (Phi) is 7.36. The van der Waals surface area contributed by atoms with Crippen molar-refractivity contribution >= 4 is 28.9 Å². The van der Waals surface area contributed by atoms with Gasteiger partial charge in [-0.2, -0.15) is 0 Å². The van der Waals surface area contributed by atoms with Crippen LogP contribution in [0.25, 0.3) is 0 Å².